The van der Waals surface area contributed by atoms with Gasteiger partial charge in [0.05, 0.1) is 6.54 Å². The molecule has 1 amide bonds. The highest BCUT2D eigenvalue weighted by Gasteiger charge is 2.25. The van der Waals surface area contributed by atoms with E-state index in [1.54, 1.807) is 12.3 Å². The summed E-state index contributed by atoms with van der Waals surface area (Å²) in [6.45, 7) is 14.7. The fraction of sp³-hybridized carbons (Fsp3) is 0.480. The lowest BCUT2D eigenvalue weighted by atomic mass is 10.1. The maximum atomic E-state index is 12.9. The number of amides is 1. The molecule has 2 aliphatic rings. The van der Waals surface area contributed by atoms with Crippen LogP contribution in [-0.2, 0) is 11.3 Å². The highest BCUT2D eigenvalue weighted by molar-refractivity contribution is 5.76. The molecular formula is C25H35N7O3. The summed E-state index contributed by atoms with van der Waals surface area (Å²) in [7, 11) is 0. The van der Waals surface area contributed by atoms with Gasteiger partial charge in [-0.2, -0.15) is 4.68 Å². The Morgan fingerprint density at radius 3 is 2.37 bits per heavy atom. The molecule has 2 aliphatic heterocycles. The molecule has 0 radical (unpaired) electrons. The number of hydrogen-bond donors (Lipinski definition) is 2. The van der Waals surface area contributed by atoms with E-state index < -0.39 is 5.97 Å². The zero-order valence-corrected chi connectivity index (χ0v) is 20.6. The van der Waals surface area contributed by atoms with Crippen molar-refractivity contribution in [2.24, 2.45) is 0 Å². The standard InChI is InChI=1S/C25H35N7O3/c1-19(2)26-23-6-7-32(27-23)25(35)31-14-10-28(11-15-31)17-21-5-4-20(3)16-22(21)30-12-8-29(9-13-30)18-24(33)34/h4-7,16H,1,8-15,17-18H2,2-3H3,(H,26,27)(H,33,34). The maximum absolute atomic E-state index is 12.9. The van der Waals surface area contributed by atoms with Gasteiger partial charge in [0.1, 0.15) is 0 Å². The number of nitrogens with one attached hydrogen (secondary N) is 1. The number of piperazine rings is 2. The van der Waals surface area contributed by atoms with E-state index in [1.165, 1.54) is 21.5 Å². The van der Waals surface area contributed by atoms with Crippen LogP contribution < -0.4 is 10.2 Å². The summed E-state index contributed by atoms with van der Waals surface area (Å²) in [5, 5.41) is 16.4. The van der Waals surface area contributed by atoms with Crippen molar-refractivity contribution >= 4 is 23.5 Å². The van der Waals surface area contributed by atoms with E-state index in [0.717, 1.165) is 51.5 Å². The first-order chi connectivity index (χ1) is 16.8. The summed E-state index contributed by atoms with van der Waals surface area (Å²) in [5.74, 6) is -0.163. The maximum Gasteiger partial charge on any atom is 0.344 e. The van der Waals surface area contributed by atoms with Crippen LogP contribution in [0.5, 0.6) is 0 Å². The molecule has 188 valence electrons. The van der Waals surface area contributed by atoms with E-state index in [-0.39, 0.29) is 12.6 Å². The van der Waals surface area contributed by atoms with Gasteiger partial charge in [-0.1, -0.05) is 18.7 Å². The molecule has 10 nitrogen and oxygen atoms in total. The normalized spacial score (nSPS) is 17.4. The van der Waals surface area contributed by atoms with Gasteiger partial charge in [0, 0.05) is 82.6 Å². The minimum absolute atomic E-state index is 0.0990. The zero-order valence-electron chi connectivity index (χ0n) is 20.6. The lowest BCUT2D eigenvalue weighted by molar-refractivity contribution is -0.138. The molecule has 35 heavy (non-hydrogen) atoms. The number of carbonyl (C=O) groups is 2. The van der Waals surface area contributed by atoms with Gasteiger partial charge in [-0.3, -0.25) is 14.6 Å². The highest BCUT2D eigenvalue weighted by Crippen LogP contribution is 2.25. The van der Waals surface area contributed by atoms with E-state index in [9.17, 15) is 9.59 Å². The van der Waals surface area contributed by atoms with E-state index in [1.807, 2.05) is 16.7 Å². The summed E-state index contributed by atoms with van der Waals surface area (Å²) in [5.41, 5.74) is 4.48. The van der Waals surface area contributed by atoms with Gasteiger partial charge >= 0.3 is 12.0 Å². The van der Waals surface area contributed by atoms with Crippen LogP contribution in [0.4, 0.5) is 16.3 Å². The quantitative estimate of drug-likeness (QED) is 0.621. The molecule has 0 aliphatic carbocycles. The molecular weight excluding hydrogens is 446 g/mol. The molecule has 3 heterocycles. The van der Waals surface area contributed by atoms with Gasteiger partial charge in [-0.15, -0.1) is 5.10 Å². The van der Waals surface area contributed by atoms with Crippen molar-refractivity contribution in [2.45, 2.75) is 20.4 Å². The lowest BCUT2D eigenvalue weighted by Gasteiger charge is -2.38. The Balaban J connectivity index is 1.34. The van der Waals surface area contributed by atoms with Crippen LogP contribution in [0.1, 0.15) is 18.1 Å². The fourth-order valence-electron chi connectivity index (χ4n) is 4.64. The first-order valence-electron chi connectivity index (χ1n) is 12.1. The fourth-order valence-corrected chi connectivity index (χ4v) is 4.64. The Hall–Kier alpha value is -3.37. The van der Waals surface area contributed by atoms with Gasteiger partial charge in [-0.25, -0.2) is 4.79 Å². The molecule has 0 saturated carbocycles. The van der Waals surface area contributed by atoms with Gasteiger partial charge < -0.3 is 20.2 Å². The van der Waals surface area contributed by atoms with Crippen molar-refractivity contribution in [1.82, 2.24) is 24.5 Å². The largest absolute Gasteiger partial charge is 0.480 e. The molecule has 2 fully saturated rings. The van der Waals surface area contributed by atoms with Crippen LogP contribution in [0.15, 0.2) is 42.7 Å². The number of aromatic nitrogens is 2. The number of carboxylic acids is 1. The van der Waals surface area contributed by atoms with E-state index in [4.69, 9.17) is 5.11 Å². The van der Waals surface area contributed by atoms with Crippen LogP contribution in [0.25, 0.3) is 0 Å². The smallest absolute Gasteiger partial charge is 0.344 e. The van der Waals surface area contributed by atoms with Crippen molar-refractivity contribution < 1.29 is 14.7 Å². The molecule has 0 bridgehead atoms. The van der Waals surface area contributed by atoms with Gasteiger partial charge in [0.15, 0.2) is 5.82 Å². The number of anilines is 2. The summed E-state index contributed by atoms with van der Waals surface area (Å²) < 4.78 is 1.38. The Kier molecular flexibility index (Phi) is 7.72. The monoisotopic (exact) mass is 481 g/mol. The van der Waals surface area contributed by atoms with Crippen LogP contribution in [0, 0.1) is 6.92 Å². The molecule has 2 aromatic rings. The van der Waals surface area contributed by atoms with E-state index >= 15 is 0 Å². The van der Waals surface area contributed by atoms with Crippen LogP contribution in [0.3, 0.4) is 0 Å². The van der Waals surface area contributed by atoms with Crippen LogP contribution in [-0.4, -0.2) is 100 Å². The third kappa shape index (κ3) is 6.40. The van der Waals surface area contributed by atoms with Crippen molar-refractivity contribution in [3.8, 4) is 0 Å². The van der Waals surface area contributed by atoms with Crippen molar-refractivity contribution in [3.63, 3.8) is 0 Å². The number of aliphatic carboxylic acids is 1. The molecule has 2 saturated heterocycles. The lowest BCUT2D eigenvalue weighted by Crippen LogP contribution is -2.50. The molecule has 0 atom stereocenters. The molecule has 0 unspecified atom stereocenters. The van der Waals surface area contributed by atoms with Gasteiger partial charge in [0.2, 0.25) is 0 Å². The first-order valence-corrected chi connectivity index (χ1v) is 12.1. The number of allylic oxidation sites excluding steroid dienone is 1. The SMILES string of the molecule is C=C(C)Nc1ccn(C(=O)N2CCN(Cc3ccc(C)cc3N3CCN(CC(=O)O)CC3)CC2)n1. The first kappa shape index (κ1) is 24.7. The molecule has 1 aromatic heterocycles. The average molecular weight is 482 g/mol. The Morgan fingerprint density at radius 1 is 1.03 bits per heavy atom. The Morgan fingerprint density at radius 2 is 1.71 bits per heavy atom. The molecule has 4 rings (SSSR count). The molecule has 10 heteroatoms. The second-order valence-electron chi connectivity index (χ2n) is 9.39. The second kappa shape index (κ2) is 10.9. The Bertz CT molecular complexity index is 1070. The predicted molar refractivity (Wildman–Crippen MR) is 136 cm³/mol. The molecule has 1 aromatic carbocycles. The molecule has 0 spiro atoms. The minimum Gasteiger partial charge on any atom is -0.480 e. The number of nitrogens with zero attached hydrogens (tertiary/aromatic N) is 6. The highest BCUT2D eigenvalue weighted by atomic mass is 16.4. The zero-order chi connectivity index (χ0) is 24.9. The summed E-state index contributed by atoms with van der Waals surface area (Å²) in [4.78, 5) is 32.5. The van der Waals surface area contributed by atoms with E-state index in [2.05, 4.69) is 51.9 Å². The van der Waals surface area contributed by atoms with Gasteiger partial charge in [-0.05, 0) is 31.0 Å². The number of carboxylic acid groups (broad SMARTS) is 1. The minimum atomic E-state index is -0.774. The van der Waals surface area contributed by atoms with Crippen LogP contribution >= 0.6 is 0 Å². The summed E-state index contributed by atoms with van der Waals surface area (Å²) in [6, 6.07) is 8.23. The number of hydrogen-bond acceptors (Lipinski definition) is 7. The third-order valence-corrected chi connectivity index (χ3v) is 6.48. The van der Waals surface area contributed by atoms with Gasteiger partial charge in [0.25, 0.3) is 0 Å². The summed E-state index contributed by atoms with van der Waals surface area (Å²) in [6.07, 6.45) is 1.68. The van der Waals surface area contributed by atoms with E-state index in [0.29, 0.717) is 18.9 Å². The number of rotatable bonds is 7. The van der Waals surface area contributed by atoms with Crippen molar-refractivity contribution in [3.05, 3.63) is 53.9 Å². The predicted octanol–water partition coefficient (Wildman–Crippen LogP) is 2.13. The third-order valence-electron chi connectivity index (χ3n) is 6.48. The topological polar surface area (TPSA) is 97.2 Å². The number of aryl methyl sites for hydroxylation is 1. The number of benzene rings is 1. The number of carbonyl (C=O) groups excluding carboxylic acids is 1. The molecule has 2 N–H and O–H groups in total. The Labute approximate surface area is 206 Å². The average Bonchev–Trinajstić information content (AvgIpc) is 3.28. The van der Waals surface area contributed by atoms with Crippen LogP contribution in [0.2, 0.25) is 0 Å². The van der Waals surface area contributed by atoms with Crippen molar-refractivity contribution in [2.75, 3.05) is 69.1 Å². The second-order valence-corrected chi connectivity index (χ2v) is 9.39. The van der Waals surface area contributed by atoms with Crippen molar-refractivity contribution in [1.29, 1.82) is 0 Å². The summed E-state index contributed by atoms with van der Waals surface area (Å²) >= 11 is 0.